The smallest absolute Gasteiger partial charge is 0.289 e. The van der Waals surface area contributed by atoms with Crippen molar-refractivity contribution in [2.75, 3.05) is 26.2 Å². The molecule has 8 heteroatoms. The van der Waals surface area contributed by atoms with Gasteiger partial charge in [0, 0.05) is 31.7 Å². The highest BCUT2D eigenvalue weighted by Crippen LogP contribution is 2.24. The molecule has 24 heavy (non-hydrogen) atoms. The second kappa shape index (κ2) is 7.17. The van der Waals surface area contributed by atoms with Crippen molar-refractivity contribution >= 4 is 50.9 Å². The Balaban J connectivity index is 1.63. The van der Waals surface area contributed by atoms with Crippen LogP contribution in [0.2, 0.25) is 10.0 Å². The first-order chi connectivity index (χ1) is 11.5. The van der Waals surface area contributed by atoms with Gasteiger partial charge in [-0.25, -0.2) is 0 Å². The van der Waals surface area contributed by atoms with Crippen LogP contribution in [0.4, 0.5) is 0 Å². The molecular formula is C16H13BrCl2N2O3. The van der Waals surface area contributed by atoms with Gasteiger partial charge in [0.2, 0.25) is 0 Å². The number of piperazine rings is 1. The van der Waals surface area contributed by atoms with Crippen LogP contribution in [-0.2, 0) is 0 Å². The van der Waals surface area contributed by atoms with Gasteiger partial charge in [0.1, 0.15) is 0 Å². The molecule has 1 aliphatic rings. The lowest BCUT2D eigenvalue weighted by molar-refractivity contribution is 0.0517. The van der Waals surface area contributed by atoms with E-state index in [2.05, 4.69) is 15.9 Å². The molecule has 2 heterocycles. The monoisotopic (exact) mass is 430 g/mol. The van der Waals surface area contributed by atoms with Crippen LogP contribution in [0.5, 0.6) is 0 Å². The largest absolute Gasteiger partial charge is 0.444 e. The van der Waals surface area contributed by atoms with Crippen LogP contribution in [0.3, 0.4) is 0 Å². The molecule has 0 bridgehead atoms. The Morgan fingerprint density at radius 3 is 2.08 bits per heavy atom. The van der Waals surface area contributed by atoms with E-state index in [1.165, 1.54) is 0 Å². The standard InChI is InChI=1S/C16H13BrCl2N2O3/c17-14-4-3-13(24-14)16(23)21-7-5-20(6-8-21)15(22)10-1-2-11(18)12(19)9-10/h1-4,9H,5-8H2. The lowest BCUT2D eigenvalue weighted by Crippen LogP contribution is -2.50. The predicted molar refractivity (Wildman–Crippen MR) is 94.7 cm³/mol. The summed E-state index contributed by atoms with van der Waals surface area (Å²) in [5, 5.41) is 0.757. The molecule has 0 saturated carbocycles. The van der Waals surface area contributed by atoms with Crippen LogP contribution in [0.1, 0.15) is 20.9 Å². The summed E-state index contributed by atoms with van der Waals surface area (Å²) in [7, 11) is 0. The van der Waals surface area contributed by atoms with Crippen LogP contribution in [-0.4, -0.2) is 47.8 Å². The van der Waals surface area contributed by atoms with Crippen LogP contribution in [0.15, 0.2) is 39.4 Å². The van der Waals surface area contributed by atoms with Crippen molar-refractivity contribution in [2.45, 2.75) is 0 Å². The number of rotatable bonds is 2. The minimum Gasteiger partial charge on any atom is -0.444 e. The number of amides is 2. The van der Waals surface area contributed by atoms with Gasteiger partial charge in [-0.2, -0.15) is 0 Å². The number of hydrogen-bond donors (Lipinski definition) is 0. The van der Waals surface area contributed by atoms with E-state index >= 15 is 0 Å². The fourth-order valence-corrected chi connectivity index (χ4v) is 3.11. The zero-order valence-electron chi connectivity index (χ0n) is 12.5. The van der Waals surface area contributed by atoms with Crippen LogP contribution >= 0.6 is 39.1 Å². The predicted octanol–water partition coefficient (Wildman–Crippen LogP) is 3.95. The summed E-state index contributed by atoms with van der Waals surface area (Å²) in [5.74, 6) is -0.0186. The van der Waals surface area contributed by atoms with Crippen molar-refractivity contribution in [1.29, 1.82) is 0 Å². The quantitative estimate of drug-likeness (QED) is 0.723. The van der Waals surface area contributed by atoms with Gasteiger partial charge in [-0.3, -0.25) is 9.59 Å². The van der Waals surface area contributed by atoms with Crippen molar-refractivity contribution < 1.29 is 14.0 Å². The van der Waals surface area contributed by atoms with Gasteiger partial charge in [-0.1, -0.05) is 23.2 Å². The van der Waals surface area contributed by atoms with E-state index in [-0.39, 0.29) is 17.6 Å². The molecule has 0 spiro atoms. The maximum Gasteiger partial charge on any atom is 0.289 e. The fraction of sp³-hybridized carbons (Fsp3) is 0.250. The Labute approximate surface area is 157 Å². The van der Waals surface area contributed by atoms with E-state index < -0.39 is 0 Å². The molecule has 1 fully saturated rings. The van der Waals surface area contributed by atoms with Crippen molar-refractivity contribution in [3.05, 3.63) is 56.4 Å². The lowest BCUT2D eigenvalue weighted by Gasteiger charge is -2.34. The van der Waals surface area contributed by atoms with Crippen molar-refractivity contribution in [3.63, 3.8) is 0 Å². The van der Waals surface area contributed by atoms with E-state index in [9.17, 15) is 9.59 Å². The molecule has 5 nitrogen and oxygen atoms in total. The molecule has 0 unspecified atom stereocenters. The summed E-state index contributed by atoms with van der Waals surface area (Å²) in [6.07, 6.45) is 0. The third-order valence-corrected chi connectivity index (χ3v) is 4.97. The SMILES string of the molecule is O=C(c1ccc(Cl)c(Cl)c1)N1CCN(C(=O)c2ccc(Br)o2)CC1. The van der Waals surface area contributed by atoms with E-state index in [0.29, 0.717) is 46.5 Å². The van der Waals surface area contributed by atoms with Crippen molar-refractivity contribution in [1.82, 2.24) is 9.80 Å². The summed E-state index contributed by atoms with van der Waals surface area (Å²) in [4.78, 5) is 28.2. The lowest BCUT2D eigenvalue weighted by atomic mass is 10.1. The first-order valence-corrected chi connectivity index (χ1v) is 8.79. The van der Waals surface area contributed by atoms with Crippen molar-refractivity contribution in [3.8, 4) is 0 Å². The zero-order chi connectivity index (χ0) is 17.3. The van der Waals surface area contributed by atoms with Gasteiger partial charge in [0.25, 0.3) is 11.8 Å². The average Bonchev–Trinajstić information content (AvgIpc) is 3.02. The van der Waals surface area contributed by atoms with Crippen LogP contribution < -0.4 is 0 Å². The number of carbonyl (C=O) groups excluding carboxylic acids is 2. The van der Waals surface area contributed by atoms with Gasteiger partial charge < -0.3 is 14.2 Å². The molecule has 3 rings (SSSR count). The number of hydrogen-bond acceptors (Lipinski definition) is 3. The third kappa shape index (κ3) is 3.61. The highest BCUT2D eigenvalue weighted by molar-refractivity contribution is 9.10. The second-order valence-corrected chi connectivity index (χ2v) is 6.91. The maximum atomic E-state index is 12.5. The summed E-state index contributed by atoms with van der Waals surface area (Å²) < 4.78 is 5.80. The summed E-state index contributed by atoms with van der Waals surface area (Å²) in [6.45, 7) is 1.80. The summed E-state index contributed by atoms with van der Waals surface area (Å²) >= 11 is 15.0. The van der Waals surface area contributed by atoms with Gasteiger partial charge in [-0.05, 0) is 46.3 Å². The third-order valence-electron chi connectivity index (χ3n) is 3.80. The maximum absolute atomic E-state index is 12.5. The molecule has 1 saturated heterocycles. The first kappa shape index (κ1) is 17.3. The molecule has 0 aliphatic carbocycles. The highest BCUT2D eigenvalue weighted by atomic mass is 79.9. The minimum absolute atomic E-state index is 0.124. The van der Waals surface area contributed by atoms with E-state index in [1.54, 1.807) is 40.1 Å². The van der Waals surface area contributed by atoms with Crippen molar-refractivity contribution in [2.24, 2.45) is 0 Å². The topological polar surface area (TPSA) is 53.8 Å². The first-order valence-electron chi connectivity index (χ1n) is 7.24. The molecule has 1 aromatic carbocycles. The molecule has 0 N–H and O–H groups in total. The zero-order valence-corrected chi connectivity index (χ0v) is 15.6. The molecule has 1 aliphatic heterocycles. The van der Waals surface area contributed by atoms with Gasteiger partial charge in [-0.15, -0.1) is 0 Å². The number of furan rings is 1. The van der Waals surface area contributed by atoms with E-state index in [0.717, 1.165) is 0 Å². The number of halogens is 3. The molecule has 1 aromatic heterocycles. The summed E-state index contributed by atoms with van der Waals surface area (Å²) in [6, 6.07) is 8.11. The normalized spacial score (nSPS) is 14.8. The Bertz CT molecular complexity index is 785. The molecule has 2 amide bonds. The minimum atomic E-state index is -0.178. The number of benzene rings is 1. The molecule has 126 valence electrons. The number of carbonyl (C=O) groups is 2. The molecule has 0 radical (unpaired) electrons. The summed E-state index contributed by atoms with van der Waals surface area (Å²) in [5.41, 5.74) is 0.485. The second-order valence-electron chi connectivity index (χ2n) is 5.32. The van der Waals surface area contributed by atoms with Gasteiger partial charge in [0.05, 0.1) is 10.0 Å². The molecular weight excluding hydrogens is 419 g/mol. The van der Waals surface area contributed by atoms with Gasteiger partial charge in [0.15, 0.2) is 10.4 Å². The van der Waals surface area contributed by atoms with E-state index in [4.69, 9.17) is 27.6 Å². The Morgan fingerprint density at radius 1 is 0.917 bits per heavy atom. The highest BCUT2D eigenvalue weighted by Gasteiger charge is 2.27. The Kier molecular flexibility index (Phi) is 5.18. The average molecular weight is 432 g/mol. The van der Waals surface area contributed by atoms with Crippen LogP contribution in [0, 0.1) is 0 Å². The molecule has 2 aromatic rings. The molecule has 0 atom stereocenters. The number of nitrogens with zero attached hydrogens (tertiary/aromatic N) is 2. The Hall–Kier alpha value is -1.50. The van der Waals surface area contributed by atoms with Crippen LogP contribution in [0.25, 0.3) is 0 Å². The van der Waals surface area contributed by atoms with E-state index in [1.807, 2.05) is 0 Å². The van der Waals surface area contributed by atoms with Gasteiger partial charge >= 0.3 is 0 Å². The fourth-order valence-electron chi connectivity index (χ4n) is 2.51. The Morgan fingerprint density at radius 2 is 1.54 bits per heavy atom.